The van der Waals surface area contributed by atoms with Gasteiger partial charge in [-0.2, -0.15) is 0 Å². The average molecular weight is 200 g/mol. The minimum Gasteiger partial charge on any atom is -0.354 e. The van der Waals surface area contributed by atoms with E-state index in [0.717, 1.165) is 18.7 Å². The first-order valence-electron chi connectivity index (χ1n) is 4.86. The minimum atomic E-state index is 0.661. The number of rotatable bonds is 4. The highest BCUT2D eigenvalue weighted by atomic mass is 15.1. The summed E-state index contributed by atoms with van der Waals surface area (Å²) in [5.41, 5.74) is 1.07. The van der Waals surface area contributed by atoms with Crippen molar-refractivity contribution < 1.29 is 0 Å². The van der Waals surface area contributed by atoms with E-state index in [1.54, 1.807) is 24.7 Å². The molecule has 0 bridgehead atoms. The van der Waals surface area contributed by atoms with Crippen molar-refractivity contribution in [3.05, 3.63) is 48.5 Å². The highest BCUT2D eigenvalue weighted by molar-refractivity contribution is 5.22. The van der Waals surface area contributed by atoms with Crippen LogP contribution in [0.15, 0.2) is 42.9 Å². The summed E-state index contributed by atoms with van der Waals surface area (Å²) in [4.78, 5) is 12.4. The SMILES string of the molecule is c1ccc(CCNc2ncccn2)nc1. The quantitative estimate of drug-likeness (QED) is 0.813. The number of hydrogen-bond donors (Lipinski definition) is 1. The molecule has 0 fully saturated rings. The maximum Gasteiger partial charge on any atom is 0.222 e. The standard InChI is InChI=1S/C11H12N4/c1-2-6-12-10(4-1)5-9-15-11-13-7-3-8-14-11/h1-4,6-8H,5,9H2,(H,13,14,15). The summed E-state index contributed by atoms with van der Waals surface area (Å²) in [5.74, 6) is 0.661. The Morgan fingerprint density at radius 2 is 1.73 bits per heavy atom. The summed E-state index contributed by atoms with van der Waals surface area (Å²) in [6.45, 7) is 0.793. The molecule has 0 amide bonds. The van der Waals surface area contributed by atoms with E-state index in [4.69, 9.17) is 0 Å². The van der Waals surface area contributed by atoms with E-state index in [2.05, 4.69) is 20.3 Å². The van der Waals surface area contributed by atoms with Crippen molar-refractivity contribution in [1.29, 1.82) is 0 Å². The Kier molecular flexibility index (Phi) is 3.22. The molecule has 0 radical (unpaired) electrons. The Labute approximate surface area is 88.4 Å². The van der Waals surface area contributed by atoms with Crippen molar-refractivity contribution in [2.45, 2.75) is 6.42 Å². The van der Waals surface area contributed by atoms with Crippen LogP contribution in [0.5, 0.6) is 0 Å². The van der Waals surface area contributed by atoms with Crippen LogP contribution in [-0.4, -0.2) is 21.5 Å². The van der Waals surface area contributed by atoms with E-state index in [9.17, 15) is 0 Å². The van der Waals surface area contributed by atoms with Gasteiger partial charge in [-0.3, -0.25) is 4.98 Å². The fourth-order valence-electron chi connectivity index (χ4n) is 1.24. The molecule has 0 aliphatic rings. The van der Waals surface area contributed by atoms with Gasteiger partial charge in [0.05, 0.1) is 0 Å². The molecule has 2 aromatic heterocycles. The molecule has 76 valence electrons. The molecule has 0 saturated carbocycles. The molecule has 2 rings (SSSR count). The third kappa shape index (κ3) is 3.02. The summed E-state index contributed by atoms with van der Waals surface area (Å²) in [6.07, 6.45) is 6.11. The van der Waals surface area contributed by atoms with E-state index in [-0.39, 0.29) is 0 Å². The number of aromatic nitrogens is 3. The second-order valence-electron chi connectivity index (χ2n) is 3.07. The number of nitrogens with zero attached hydrogens (tertiary/aromatic N) is 3. The van der Waals surface area contributed by atoms with Crippen LogP contribution in [0.1, 0.15) is 5.69 Å². The number of pyridine rings is 1. The molecule has 0 aliphatic heterocycles. The van der Waals surface area contributed by atoms with E-state index in [0.29, 0.717) is 5.95 Å². The van der Waals surface area contributed by atoms with Crippen LogP contribution in [0.3, 0.4) is 0 Å². The third-order valence-electron chi connectivity index (χ3n) is 1.96. The van der Waals surface area contributed by atoms with Gasteiger partial charge in [-0.05, 0) is 18.2 Å². The van der Waals surface area contributed by atoms with Crippen LogP contribution >= 0.6 is 0 Å². The molecular weight excluding hydrogens is 188 g/mol. The minimum absolute atomic E-state index is 0.661. The predicted octanol–water partition coefficient (Wildman–Crippen LogP) is 1.53. The van der Waals surface area contributed by atoms with Crippen LogP contribution in [0.2, 0.25) is 0 Å². The zero-order valence-corrected chi connectivity index (χ0v) is 8.30. The van der Waals surface area contributed by atoms with Crippen molar-refractivity contribution in [3.63, 3.8) is 0 Å². The van der Waals surface area contributed by atoms with Gasteiger partial charge >= 0.3 is 0 Å². The maximum absolute atomic E-state index is 4.23. The van der Waals surface area contributed by atoms with Gasteiger partial charge in [0.1, 0.15) is 0 Å². The Bertz CT molecular complexity index is 348. The predicted molar refractivity (Wildman–Crippen MR) is 58.5 cm³/mol. The van der Waals surface area contributed by atoms with Gasteiger partial charge in [0.2, 0.25) is 5.95 Å². The first-order valence-corrected chi connectivity index (χ1v) is 4.86. The average Bonchev–Trinajstić information content (AvgIpc) is 2.32. The molecular formula is C11H12N4. The highest BCUT2D eigenvalue weighted by Crippen LogP contribution is 1.97. The first kappa shape index (κ1) is 9.58. The number of anilines is 1. The summed E-state index contributed by atoms with van der Waals surface area (Å²) in [5, 5.41) is 3.13. The smallest absolute Gasteiger partial charge is 0.222 e. The van der Waals surface area contributed by atoms with Gasteiger partial charge in [-0.25, -0.2) is 9.97 Å². The lowest BCUT2D eigenvalue weighted by molar-refractivity contribution is 0.941. The lowest BCUT2D eigenvalue weighted by Gasteiger charge is -2.02. The van der Waals surface area contributed by atoms with E-state index >= 15 is 0 Å². The van der Waals surface area contributed by atoms with Gasteiger partial charge in [0.25, 0.3) is 0 Å². The van der Waals surface area contributed by atoms with Gasteiger partial charge in [-0.15, -0.1) is 0 Å². The lowest BCUT2D eigenvalue weighted by Crippen LogP contribution is -2.08. The van der Waals surface area contributed by atoms with Crippen LogP contribution in [0.4, 0.5) is 5.95 Å². The van der Waals surface area contributed by atoms with Crippen LogP contribution < -0.4 is 5.32 Å². The van der Waals surface area contributed by atoms with Crippen molar-refractivity contribution in [2.24, 2.45) is 0 Å². The fourth-order valence-corrected chi connectivity index (χ4v) is 1.24. The molecule has 2 heterocycles. The third-order valence-corrected chi connectivity index (χ3v) is 1.96. The van der Waals surface area contributed by atoms with Crippen molar-refractivity contribution >= 4 is 5.95 Å². The molecule has 2 aromatic rings. The number of nitrogens with one attached hydrogen (secondary N) is 1. The fraction of sp³-hybridized carbons (Fsp3) is 0.182. The van der Waals surface area contributed by atoms with E-state index in [1.807, 2.05) is 18.2 Å². The van der Waals surface area contributed by atoms with Gasteiger partial charge < -0.3 is 5.32 Å². The Balaban J connectivity index is 1.81. The van der Waals surface area contributed by atoms with Crippen LogP contribution in [-0.2, 0) is 6.42 Å². The van der Waals surface area contributed by atoms with E-state index < -0.39 is 0 Å². The summed E-state index contributed by atoms with van der Waals surface area (Å²) in [6, 6.07) is 7.70. The lowest BCUT2D eigenvalue weighted by atomic mass is 10.3. The molecule has 0 atom stereocenters. The molecule has 0 aromatic carbocycles. The molecule has 4 nitrogen and oxygen atoms in total. The zero-order chi connectivity index (χ0) is 10.3. The second kappa shape index (κ2) is 5.05. The molecule has 15 heavy (non-hydrogen) atoms. The molecule has 4 heteroatoms. The molecule has 0 unspecified atom stereocenters. The van der Waals surface area contributed by atoms with Crippen LogP contribution in [0, 0.1) is 0 Å². The largest absolute Gasteiger partial charge is 0.354 e. The normalized spacial score (nSPS) is 9.87. The Hall–Kier alpha value is -1.97. The summed E-state index contributed by atoms with van der Waals surface area (Å²) in [7, 11) is 0. The Morgan fingerprint density at radius 3 is 2.47 bits per heavy atom. The highest BCUT2D eigenvalue weighted by Gasteiger charge is 1.94. The summed E-state index contributed by atoms with van der Waals surface area (Å²) >= 11 is 0. The van der Waals surface area contributed by atoms with Gasteiger partial charge in [0.15, 0.2) is 0 Å². The monoisotopic (exact) mass is 200 g/mol. The molecule has 0 aliphatic carbocycles. The number of hydrogen-bond acceptors (Lipinski definition) is 4. The van der Waals surface area contributed by atoms with Gasteiger partial charge in [-0.1, -0.05) is 6.07 Å². The van der Waals surface area contributed by atoms with Crippen molar-refractivity contribution in [2.75, 3.05) is 11.9 Å². The van der Waals surface area contributed by atoms with E-state index in [1.165, 1.54) is 0 Å². The molecule has 0 spiro atoms. The van der Waals surface area contributed by atoms with Crippen molar-refractivity contribution in [1.82, 2.24) is 15.0 Å². The second-order valence-corrected chi connectivity index (χ2v) is 3.07. The summed E-state index contributed by atoms with van der Waals surface area (Å²) < 4.78 is 0. The topological polar surface area (TPSA) is 50.7 Å². The van der Waals surface area contributed by atoms with Crippen molar-refractivity contribution in [3.8, 4) is 0 Å². The molecule has 0 saturated heterocycles. The van der Waals surface area contributed by atoms with Gasteiger partial charge in [0, 0.05) is 37.3 Å². The maximum atomic E-state index is 4.23. The molecule has 1 N–H and O–H groups in total. The van der Waals surface area contributed by atoms with Crippen LogP contribution in [0.25, 0.3) is 0 Å². The first-order chi connectivity index (χ1) is 7.45. The Morgan fingerprint density at radius 1 is 0.933 bits per heavy atom. The zero-order valence-electron chi connectivity index (χ0n) is 8.30.